The number of carbonyl (C=O) groups is 1. The molecule has 4 rings (SSSR count). The molecule has 1 atom stereocenters. The van der Waals surface area contributed by atoms with Crippen LogP contribution >= 0.6 is 0 Å². The van der Waals surface area contributed by atoms with Crippen molar-refractivity contribution in [3.8, 4) is 0 Å². The Hall–Kier alpha value is -2.76. The Bertz CT molecular complexity index is 1050. The summed E-state index contributed by atoms with van der Waals surface area (Å²) in [5.74, 6) is 0.439. The van der Waals surface area contributed by atoms with Crippen LogP contribution in [0.2, 0.25) is 0 Å². The van der Waals surface area contributed by atoms with Gasteiger partial charge in [-0.3, -0.25) is 4.79 Å². The van der Waals surface area contributed by atoms with Gasteiger partial charge >= 0.3 is 0 Å². The first-order chi connectivity index (χ1) is 13.3. The zero-order chi connectivity index (χ0) is 20.1. The molecule has 0 aliphatic carbocycles. The summed E-state index contributed by atoms with van der Waals surface area (Å²) in [7, 11) is 0. The first-order valence-corrected chi connectivity index (χ1v) is 9.85. The molecule has 0 saturated carbocycles. The lowest BCUT2D eigenvalue weighted by molar-refractivity contribution is 0.0729. The highest BCUT2D eigenvalue weighted by atomic mass is 16.2. The molecule has 0 bridgehead atoms. The third-order valence-electron chi connectivity index (χ3n) is 5.67. The molecule has 0 radical (unpaired) electrons. The first kappa shape index (κ1) is 18.6. The summed E-state index contributed by atoms with van der Waals surface area (Å²) < 4.78 is 1.72. The molecule has 2 aromatic heterocycles. The largest absolute Gasteiger partial charge is 0.330 e. The number of benzene rings is 1. The Labute approximate surface area is 165 Å². The zero-order valence-corrected chi connectivity index (χ0v) is 17.2. The molecule has 0 unspecified atom stereocenters. The van der Waals surface area contributed by atoms with E-state index in [0.717, 1.165) is 25.1 Å². The Morgan fingerprint density at radius 1 is 1.14 bits per heavy atom. The topological polar surface area (TPSA) is 63.4 Å². The molecule has 146 valence electrons. The van der Waals surface area contributed by atoms with E-state index in [1.807, 2.05) is 11.0 Å². The zero-order valence-electron chi connectivity index (χ0n) is 17.2. The van der Waals surface area contributed by atoms with Gasteiger partial charge in [0.1, 0.15) is 12.0 Å². The molecule has 1 aliphatic heterocycles. The molecule has 3 heterocycles. The van der Waals surface area contributed by atoms with E-state index in [9.17, 15) is 4.79 Å². The van der Waals surface area contributed by atoms with Gasteiger partial charge < -0.3 is 4.90 Å². The Morgan fingerprint density at radius 3 is 2.64 bits per heavy atom. The molecule has 3 aromatic rings. The van der Waals surface area contributed by atoms with Gasteiger partial charge in [0.15, 0.2) is 0 Å². The van der Waals surface area contributed by atoms with Gasteiger partial charge in [-0.1, -0.05) is 39.0 Å². The number of aryl methyl sites for hydroxylation is 2. The highest BCUT2D eigenvalue weighted by Crippen LogP contribution is 2.34. The number of hydrogen-bond donors (Lipinski definition) is 0. The predicted molar refractivity (Wildman–Crippen MR) is 108 cm³/mol. The van der Waals surface area contributed by atoms with Crippen molar-refractivity contribution in [3.05, 3.63) is 58.7 Å². The van der Waals surface area contributed by atoms with Crippen LogP contribution < -0.4 is 0 Å². The average molecular weight is 377 g/mol. The summed E-state index contributed by atoms with van der Waals surface area (Å²) in [4.78, 5) is 24.1. The van der Waals surface area contributed by atoms with Crippen LogP contribution in [0.5, 0.6) is 0 Å². The summed E-state index contributed by atoms with van der Waals surface area (Å²) in [6, 6.07) is 8.47. The highest BCUT2D eigenvalue weighted by Gasteiger charge is 2.32. The number of fused-ring (bicyclic) bond motifs is 1. The van der Waals surface area contributed by atoms with E-state index in [1.165, 1.54) is 23.0 Å². The van der Waals surface area contributed by atoms with Crippen molar-refractivity contribution in [2.24, 2.45) is 0 Å². The Kier molecular flexibility index (Phi) is 4.44. The van der Waals surface area contributed by atoms with E-state index < -0.39 is 0 Å². The van der Waals surface area contributed by atoms with Gasteiger partial charge in [0.25, 0.3) is 11.7 Å². The average Bonchev–Trinajstić information content (AvgIpc) is 3.30. The van der Waals surface area contributed by atoms with Crippen molar-refractivity contribution in [2.45, 2.75) is 58.9 Å². The van der Waals surface area contributed by atoms with Crippen LogP contribution in [0.15, 0.2) is 30.6 Å². The van der Waals surface area contributed by atoms with E-state index >= 15 is 0 Å². The smallest absolute Gasteiger partial charge is 0.273 e. The van der Waals surface area contributed by atoms with Gasteiger partial charge in [-0.25, -0.2) is 9.50 Å². The minimum Gasteiger partial charge on any atom is -0.330 e. The minimum atomic E-state index is -0.178. The predicted octanol–water partition coefficient (Wildman–Crippen LogP) is 4.02. The maximum absolute atomic E-state index is 13.4. The fourth-order valence-corrected chi connectivity index (χ4v) is 3.93. The lowest BCUT2D eigenvalue weighted by Crippen LogP contribution is -2.32. The van der Waals surface area contributed by atoms with Crippen LogP contribution in [0.1, 0.15) is 72.5 Å². The van der Waals surface area contributed by atoms with Crippen LogP contribution in [0.25, 0.3) is 5.78 Å². The first-order valence-electron chi connectivity index (χ1n) is 9.85. The van der Waals surface area contributed by atoms with Crippen LogP contribution in [-0.4, -0.2) is 36.9 Å². The van der Waals surface area contributed by atoms with Crippen molar-refractivity contribution < 1.29 is 4.79 Å². The number of rotatable bonds is 2. The fourth-order valence-electron chi connectivity index (χ4n) is 3.93. The van der Waals surface area contributed by atoms with Crippen molar-refractivity contribution in [3.63, 3.8) is 0 Å². The number of nitrogens with zero attached hydrogens (tertiary/aromatic N) is 5. The summed E-state index contributed by atoms with van der Waals surface area (Å²) in [6.07, 6.45) is 3.47. The minimum absolute atomic E-state index is 0.0308. The monoisotopic (exact) mass is 377 g/mol. The molecular weight excluding hydrogens is 350 g/mol. The molecule has 6 nitrogen and oxygen atoms in total. The molecular formula is C22H27N5O. The maximum Gasteiger partial charge on any atom is 0.273 e. The van der Waals surface area contributed by atoms with E-state index in [2.05, 4.69) is 67.9 Å². The van der Waals surface area contributed by atoms with Crippen molar-refractivity contribution in [2.75, 3.05) is 6.54 Å². The molecule has 1 fully saturated rings. The summed E-state index contributed by atoms with van der Waals surface area (Å²) in [5.41, 5.74) is 4.93. The van der Waals surface area contributed by atoms with E-state index in [0.29, 0.717) is 11.5 Å². The molecule has 1 aliphatic rings. The van der Waals surface area contributed by atoms with Crippen LogP contribution in [0.4, 0.5) is 0 Å². The van der Waals surface area contributed by atoms with E-state index in [-0.39, 0.29) is 17.4 Å². The second kappa shape index (κ2) is 6.69. The SMILES string of the molecule is Cc1ccc([C@H]2CCCN2C(=O)c2cc(C(C)(C)C)n3ncnc3n2)cc1C. The lowest BCUT2D eigenvalue weighted by atomic mass is 9.91. The summed E-state index contributed by atoms with van der Waals surface area (Å²) in [6.45, 7) is 11.3. The second-order valence-electron chi connectivity index (χ2n) is 8.75. The third-order valence-corrected chi connectivity index (χ3v) is 5.67. The van der Waals surface area contributed by atoms with Crippen molar-refractivity contribution in [1.82, 2.24) is 24.5 Å². The quantitative estimate of drug-likeness (QED) is 0.677. The van der Waals surface area contributed by atoms with Crippen molar-refractivity contribution >= 4 is 11.7 Å². The molecule has 6 heteroatoms. The third kappa shape index (κ3) is 3.17. The number of amides is 1. The van der Waals surface area contributed by atoms with Crippen molar-refractivity contribution in [1.29, 1.82) is 0 Å². The normalized spacial score (nSPS) is 17.5. The molecule has 0 spiro atoms. The second-order valence-corrected chi connectivity index (χ2v) is 8.75. The Balaban J connectivity index is 1.73. The fraction of sp³-hybridized carbons (Fsp3) is 0.455. The van der Waals surface area contributed by atoms with Crippen LogP contribution in [0.3, 0.4) is 0 Å². The molecule has 1 amide bonds. The van der Waals surface area contributed by atoms with Gasteiger partial charge in [0.05, 0.1) is 11.7 Å². The van der Waals surface area contributed by atoms with Crippen LogP contribution in [-0.2, 0) is 5.41 Å². The van der Waals surface area contributed by atoms with Gasteiger partial charge in [0, 0.05) is 12.0 Å². The van der Waals surface area contributed by atoms with Gasteiger partial charge in [-0.05, 0) is 49.4 Å². The molecule has 1 aromatic carbocycles. The summed E-state index contributed by atoms with van der Waals surface area (Å²) >= 11 is 0. The van der Waals surface area contributed by atoms with E-state index in [1.54, 1.807) is 4.52 Å². The molecule has 28 heavy (non-hydrogen) atoms. The number of carbonyl (C=O) groups excluding carboxylic acids is 1. The number of likely N-dealkylation sites (tertiary alicyclic amines) is 1. The Morgan fingerprint density at radius 2 is 1.93 bits per heavy atom. The van der Waals surface area contributed by atoms with Gasteiger partial charge in [-0.2, -0.15) is 10.1 Å². The lowest BCUT2D eigenvalue weighted by Gasteiger charge is -2.26. The summed E-state index contributed by atoms with van der Waals surface area (Å²) in [5, 5.41) is 4.28. The molecule has 0 N–H and O–H groups in total. The van der Waals surface area contributed by atoms with Gasteiger partial charge in [-0.15, -0.1) is 0 Å². The number of aromatic nitrogens is 4. The standard InChI is InChI=1S/C22H27N5O/c1-14-8-9-16(11-15(14)2)18-7-6-10-26(18)20(28)17-12-19(22(3,4)5)27-21(25-17)23-13-24-27/h8-9,11-13,18H,6-7,10H2,1-5H3/t18-/m1/s1. The maximum atomic E-state index is 13.4. The molecule has 1 saturated heterocycles. The van der Waals surface area contributed by atoms with E-state index in [4.69, 9.17) is 0 Å². The van der Waals surface area contributed by atoms with Gasteiger partial charge in [0.2, 0.25) is 0 Å². The highest BCUT2D eigenvalue weighted by molar-refractivity contribution is 5.93. The van der Waals surface area contributed by atoms with Crippen LogP contribution in [0, 0.1) is 13.8 Å². The number of hydrogen-bond acceptors (Lipinski definition) is 4.